The Bertz CT molecular complexity index is 387. The van der Waals surface area contributed by atoms with Gasteiger partial charge in [-0.25, -0.2) is 8.42 Å². The normalized spacial score (nSPS) is 25.9. The maximum Gasteiger partial charge on any atom is 0.151 e. The van der Waals surface area contributed by atoms with Crippen molar-refractivity contribution in [3.05, 3.63) is 0 Å². The molecule has 1 heterocycles. The average molecular weight is 305 g/mol. The second kappa shape index (κ2) is 7.23. The molecule has 1 N–H and O–H groups in total. The van der Waals surface area contributed by atoms with Crippen LogP contribution in [0.3, 0.4) is 0 Å². The van der Waals surface area contributed by atoms with E-state index in [1.165, 1.54) is 0 Å². The smallest absolute Gasteiger partial charge is 0.151 e. The zero-order valence-corrected chi connectivity index (χ0v) is 14.6. The summed E-state index contributed by atoms with van der Waals surface area (Å²) in [5, 5.41) is 3.59. The molecule has 120 valence electrons. The highest BCUT2D eigenvalue weighted by Gasteiger charge is 2.35. The highest BCUT2D eigenvalue weighted by atomic mass is 32.2. The van der Waals surface area contributed by atoms with E-state index in [-0.39, 0.29) is 5.41 Å². The van der Waals surface area contributed by atoms with Crippen LogP contribution in [0.25, 0.3) is 0 Å². The van der Waals surface area contributed by atoms with Crippen molar-refractivity contribution in [2.24, 2.45) is 5.41 Å². The third kappa shape index (κ3) is 5.34. The summed E-state index contributed by atoms with van der Waals surface area (Å²) in [6, 6.07) is 0.893. The summed E-state index contributed by atoms with van der Waals surface area (Å²) in [5.74, 6) is 0.611. The Kier molecular flexibility index (Phi) is 6.48. The summed E-state index contributed by atoms with van der Waals surface area (Å²) < 4.78 is 23.9. The third-order valence-corrected chi connectivity index (χ3v) is 6.03. The molecule has 20 heavy (non-hydrogen) atoms. The summed E-state index contributed by atoms with van der Waals surface area (Å²) in [7, 11) is -2.89. The van der Waals surface area contributed by atoms with Gasteiger partial charge in [0.2, 0.25) is 0 Å². The Morgan fingerprint density at radius 1 is 1.20 bits per heavy atom. The van der Waals surface area contributed by atoms with Crippen LogP contribution in [-0.2, 0) is 9.84 Å². The van der Waals surface area contributed by atoms with Crippen LogP contribution in [0.15, 0.2) is 0 Å². The minimum atomic E-state index is -2.89. The lowest BCUT2D eigenvalue weighted by Crippen LogP contribution is -2.61. The van der Waals surface area contributed by atoms with Crippen LogP contribution in [0.5, 0.6) is 0 Å². The van der Waals surface area contributed by atoms with Crippen molar-refractivity contribution in [2.75, 3.05) is 31.1 Å². The average Bonchev–Trinajstić information content (AvgIpc) is 2.35. The summed E-state index contributed by atoms with van der Waals surface area (Å²) in [6.07, 6.45) is 1.80. The Hall–Kier alpha value is -0.130. The van der Waals surface area contributed by atoms with Gasteiger partial charge in [0.15, 0.2) is 9.84 Å². The van der Waals surface area contributed by atoms with Crippen LogP contribution in [0.1, 0.15) is 47.5 Å². The molecule has 0 aromatic rings. The molecule has 1 fully saturated rings. The number of nitrogens with zero attached hydrogens (tertiary/aromatic N) is 1. The maximum atomic E-state index is 11.9. The zero-order chi connectivity index (χ0) is 15.4. The van der Waals surface area contributed by atoms with E-state index in [4.69, 9.17) is 0 Å². The van der Waals surface area contributed by atoms with Crippen molar-refractivity contribution in [1.29, 1.82) is 0 Å². The van der Waals surface area contributed by atoms with Crippen molar-refractivity contribution in [3.8, 4) is 0 Å². The minimum Gasteiger partial charge on any atom is -0.311 e. The van der Waals surface area contributed by atoms with E-state index in [0.29, 0.717) is 36.6 Å². The van der Waals surface area contributed by atoms with Gasteiger partial charge in [-0.15, -0.1) is 0 Å². The van der Waals surface area contributed by atoms with E-state index in [2.05, 4.69) is 37.9 Å². The molecule has 4 nitrogen and oxygen atoms in total. The molecule has 1 aliphatic rings. The second-order valence-electron chi connectivity index (χ2n) is 7.04. The first-order chi connectivity index (χ1) is 9.19. The van der Waals surface area contributed by atoms with Gasteiger partial charge < -0.3 is 5.32 Å². The fourth-order valence-corrected chi connectivity index (χ4v) is 4.26. The van der Waals surface area contributed by atoms with Crippen LogP contribution in [0.4, 0.5) is 0 Å². The lowest BCUT2D eigenvalue weighted by atomic mass is 9.83. The molecule has 0 radical (unpaired) electrons. The molecule has 1 saturated heterocycles. The number of rotatable bonds is 6. The Balaban J connectivity index is 2.70. The molecular weight excluding hydrogens is 272 g/mol. The predicted octanol–water partition coefficient (Wildman–Crippen LogP) is 1.91. The Morgan fingerprint density at radius 3 is 2.35 bits per heavy atom. The van der Waals surface area contributed by atoms with E-state index < -0.39 is 9.84 Å². The number of sulfone groups is 1. The van der Waals surface area contributed by atoms with Crippen LogP contribution in [-0.4, -0.2) is 56.5 Å². The van der Waals surface area contributed by atoms with Gasteiger partial charge >= 0.3 is 0 Å². The molecule has 0 bridgehead atoms. The number of piperazine rings is 1. The minimum absolute atomic E-state index is 0.167. The molecule has 0 aliphatic carbocycles. The number of hydrogen-bond donors (Lipinski definition) is 1. The molecule has 1 rings (SSSR count). The van der Waals surface area contributed by atoms with Crippen molar-refractivity contribution < 1.29 is 8.42 Å². The molecule has 0 saturated carbocycles. The zero-order valence-electron chi connectivity index (χ0n) is 13.8. The van der Waals surface area contributed by atoms with E-state index in [9.17, 15) is 8.42 Å². The maximum absolute atomic E-state index is 11.9. The van der Waals surface area contributed by atoms with Gasteiger partial charge in [-0.3, -0.25) is 4.90 Å². The van der Waals surface area contributed by atoms with Crippen molar-refractivity contribution in [1.82, 2.24) is 10.2 Å². The standard InChI is InChI=1S/C15H32N2O2S/c1-6-9-20(18,19)10-8-17-12-13(7-2)16-11-14(17)15(3,4)5/h13-14,16H,6-12H2,1-5H3. The predicted molar refractivity (Wildman–Crippen MR) is 85.8 cm³/mol. The van der Waals surface area contributed by atoms with E-state index in [0.717, 1.165) is 19.5 Å². The second-order valence-corrected chi connectivity index (χ2v) is 9.35. The van der Waals surface area contributed by atoms with E-state index >= 15 is 0 Å². The van der Waals surface area contributed by atoms with Crippen LogP contribution in [0.2, 0.25) is 0 Å². The third-order valence-electron chi connectivity index (χ3n) is 4.19. The molecule has 0 amide bonds. The highest BCUT2D eigenvalue weighted by molar-refractivity contribution is 7.91. The quantitative estimate of drug-likeness (QED) is 0.814. The van der Waals surface area contributed by atoms with Crippen molar-refractivity contribution in [2.45, 2.75) is 59.5 Å². The van der Waals surface area contributed by atoms with Crippen molar-refractivity contribution >= 4 is 9.84 Å². The van der Waals surface area contributed by atoms with Gasteiger partial charge in [0.1, 0.15) is 0 Å². The van der Waals surface area contributed by atoms with E-state index in [1.807, 2.05) is 6.92 Å². The van der Waals surface area contributed by atoms with Gasteiger partial charge in [0.05, 0.1) is 5.75 Å². The monoisotopic (exact) mass is 304 g/mol. The van der Waals surface area contributed by atoms with Gasteiger partial charge in [0, 0.05) is 37.5 Å². The van der Waals surface area contributed by atoms with Crippen LogP contribution in [0, 0.1) is 5.41 Å². The van der Waals surface area contributed by atoms with Gasteiger partial charge in [-0.2, -0.15) is 0 Å². The summed E-state index contributed by atoms with van der Waals surface area (Å²) in [4.78, 5) is 2.39. The van der Waals surface area contributed by atoms with Gasteiger partial charge in [0.25, 0.3) is 0 Å². The molecule has 5 heteroatoms. The number of hydrogen-bond acceptors (Lipinski definition) is 4. The van der Waals surface area contributed by atoms with Crippen molar-refractivity contribution in [3.63, 3.8) is 0 Å². The first-order valence-electron chi connectivity index (χ1n) is 7.87. The fraction of sp³-hybridized carbons (Fsp3) is 1.00. The molecule has 0 spiro atoms. The Morgan fingerprint density at radius 2 is 1.85 bits per heavy atom. The van der Waals surface area contributed by atoms with Crippen LogP contribution >= 0.6 is 0 Å². The molecular formula is C15H32N2O2S. The lowest BCUT2D eigenvalue weighted by molar-refractivity contribution is 0.0602. The van der Waals surface area contributed by atoms with Gasteiger partial charge in [-0.1, -0.05) is 34.6 Å². The molecule has 2 atom stereocenters. The first-order valence-corrected chi connectivity index (χ1v) is 9.69. The van der Waals surface area contributed by atoms with Crippen LogP contribution < -0.4 is 5.32 Å². The lowest BCUT2D eigenvalue weighted by Gasteiger charge is -2.46. The number of nitrogens with one attached hydrogen (secondary N) is 1. The molecule has 0 aromatic carbocycles. The SMILES string of the molecule is CCCS(=O)(=O)CCN1CC(CC)NCC1C(C)(C)C. The molecule has 2 unspecified atom stereocenters. The van der Waals surface area contributed by atoms with E-state index in [1.54, 1.807) is 0 Å². The summed E-state index contributed by atoms with van der Waals surface area (Å²) in [5.41, 5.74) is 0.167. The summed E-state index contributed by atoms with van der Waals surface area (Å²) >= 11 is 0. The Labute approximate surface area is 125 Å². The fourth-order valence-electron chi connectivity index (χ4n) is 2.93. The van der Waals surface area contributed by atoms with Gasteiger partial charge in [-0.05, 0) is 18.3 Å². The molecule has 0 aromatic heterocycles. The first kappa shape index (κ1) is 17.9. The largest absolute Gasteiger partial charge is 0.311 e. The molecule has 1 aliphatic heterocycles. The topological polar surface area (TPSA) is 49.4 Å². The highest BCUT2D eigenvalue weighted by Crippen LogP contribution is 2.26. The summed E-state index contributed by atoms with van der Waals surface area (Å²) in [6.45, 7) is 13.4.